The number of carbonyl (C=O) groups excluding carboxylic acids is 2. The van der Waals surface area contributed by atoms with Gasteiger partial charge in [-0.3, -0.25) is 4.79 Å². The molecule has 2 aromatic rings. The number of pyridine rings is 1. The Morgan fingerprint density at radius 2 is 2.14 bits per heavy atom. The van der Waals surface area contributed by atoms with Crippen molar-refractivity contribution < 1.29 is 14.3 Å². The summed E-state index contributed by atoms with van der Waals surface area (Å²) in [6.07, 6.45) is 2.93. The van der Waals surface area contributed by atoms with Gasteiger partial charge in [0.05, 0.1) is 5.70 Å². The number of esters is 1. The average molecular weight is 301 g/mol. The van der Waals surface area contributed by atoms with Gasteiger partial charge in [-0.15, -0.1) is 0 Å². The Morgan fingerprint density at radius 3 is 2.95 bits per heavy atom. The average Bonchev–Trinajstić information content (AvgIpc) is 2.90. The second kappa shape index (κ2) is 5.84. The molecule has 1 aliphatic rings. The molecule has 0 saturated carbocycles. The topological polar surface area (TPSA) is 80.3 Å². The van der Waals surface area contributed by atoms with Crippen molar-refractivity contribution in [3.05, 3.63) is 48.3 Å². The van der Waals surface area contributed by atoms with Crippen molar-refractivity contribution >= 4 is 39.7 Å². The van der Waals surface area contributed by atoms with Crippen LogP contribution in [0.4, 0.5) is 10.6 Å². The highest BCUT2D eigenvalue weighted by atomic mass is 32.2. The van der Waals surface area contributed by atoms with Crippen LogP contribution in [0.15, 0.2) is 48.3 Å². The molecule has 0 spiro atoms. The predicted octanol–water partition coefficient (Wildman–Crippen LogP) is 2.45. The molecule has 1 amide bonds. The summed E-state index contributed by atoms with van der Waals surface area (Å²) in [6, 6.07) is 9.65. The number of hydrogen-bond donors (Lipinski definition) is 2. The van der Waals surface area contributed by atoms with E-state index >= 15 is 0 Å². The van der Waals surface area contributed by atoms with E-state index in [1.165, 1.54) is 6.08 Å². The molecule has 3 rings (SSSR count). The van der Waals surface area contributed by atoms with E-state index < -0.39 is 5.97 Å². The minimum Gasteiger partial charge on any atom is -0.456 e. The third-order valence-corrected chi connectivity index (χ3v) is 3.42. The van der Waals surface area contributed by atoms with Crippen molar-refractivity contribution in [3.63, 3.8) is 0 Å². The minimum atomic E-state index is -0.445. The molecule has 21 heavy (non-hydrogen) atoms. The second-order valence-corrected chi connectivity index (χ2v) is 5.05. The van der Waals surface area contributed by atoms with Crippen molar-refractivity contribution in [1.29, 1.82) is 0 Å². The molecule has 7 heteroatoms. The maximum Gasteiger partial charge on any atom is 0.333 e. The highest BCUT2D eigenvalue weighted by Crippen LogP contribution is 2.22. The standard InChI is InChI=1S/C14H11N3O3S/c18-12-7-10(8-20-12)16-14(19)21-17-13-11-4-2-1-3-9(11)5-6-15-13/h1-7H,8H2,(H,15,17)(H,16,19). The third-order valence-electron chi connectivity index (χ3n) is 2.84. The van der Waals surface area contributed by atoms with Gasteiger partial charge < -0.3 is 14.8 Å². The van der Waals surface area contributed by atoms with E-state index in [1.54, 1.807) is 6.20 Å². The lowest BCUT2D eigenvalue weighted by Gasteiger charge is -2.08. The highest BCUT2D eigenvalue weighted by molar-refractivity contribution is 8.14. The molecular weight excluding hydrogens is 290 g/mol. The first kappa shape index (κ1) is 13.4. The number of fused-ring (bicyclic) bond motifs is 1. The number of cyclic esters (lactones) is 1. The molecule has 0 atom stereocenters. The SMILES string of the molecule is O=C1C=C(NC(=O)SNc2nccc3ccccc23)CO1. The van der Waals surface area contributed by atoms with Crippen LogP contribution in [0, 0.1) is 0 Å². The van der Waals surface area contributed by atoms with E-state index in [0.29, 0.717) is 11.5 Å². The molecule has 0 fully saturated rings. The van der Waals surface area contributed by atoms with Crippen LogP contribution in [0.5, 0.6) is 0 Å². The third kappa shape index (κ3) is 3.14. The smallest absolute Gasteiger partial charge is 0.333 e. The molecule has 0 aliphatic carbocycles. The Kier molecular flexibility index (Phi) is 3.74. The number of nitrogens with one attached hydrogen (secondary N) is 2. The van der Waals surface area contributed by atoms with Crippen LogP contribution in [0.2, 0.25) is 0 Å². The van der Waals surface area contributed by atoms with Crippen molar-refractivity contribution in [1.82, 2.24) is 10.3 Å². The van der Waals surface area contributed by atoms with Gasteiger partial charge in [0, 0.05) is 29.6 Å². The van der Waals surface area contributed by atoms with Gasteiger partial charge in [-0.1, -0.05) is 24.3 Å². The van der Waals surface area contributed by atoms with Crippen molar-refractivity contribution in [3.8, 4) is 0 Å². The summed E-state index contributed by atoms with van der Waals surface area (Å²) < 4.78 is 7.61. The second-order valence-electron chi connectivity index (χ2n) is 4.27. The molecule has 2 heterocycles. The Bertz CT molecular complexity index is 740. The van der Waals surface area contributed by atoms with Crippen LogP contribution < -0.4 is 10.0 Å². The number of amides is 1. The minimum absolute atomic E-state index is 0.0949. The molecule has 0 saturated heterocycles. The number of aromatic nitrogens is 1. The summed E-state index contributed by atoms with van der Waals surface area (Å²) in [5.74, 6) is 0.167. The van der Waals surface area contributed by atoms with E-state index in [-0.39, 0.29) is 11.8 Å². The number of anilines is 1. The molecule has 0 unspecified atom stereocenters. The number of nitrogens with zero attached hydrogens (tertiary/aromatic N) is 1. The molecule has 106 valence electrons. The predicted molar refractivity (Wildman–Crippen MR) is 80.5 cm³/mol. The highest BCUT2D eigenvalue weighted by Gasteiger charge is 2.15. The first-order valence-electron chi connectivity index (χ1n) is 6.17. The summed E-state index contributed by atoms with van der Waals surface area (Å²) in [4.78, 5) is 26.9. The van der Waals surface area contributed by atoms with Gasteiger partial charge >= 0.3 is 11.2 Å². The fraction of sp³-hybridized carbons (Fsp3) is 0.0714. The van der Waals surface area contributed by atoms with Gasteiger partial charge in [0.2, 0.25) is 0 Å². The van der Waals surface area contributed by atoms with E-state index in [1.807, 2.05) is 30.3 Å². The molecule has 0 bridgehead atoms. The van der Waals surface area contributed by atoms with Gasteiger partial charge in [-0.2, -0.15) is 0 Å². The van der Waals surface area contributed by atoms with Crippen molar-refractivity contribution in [2.45, 2.75) is 0 Å². The zero-order valence-corrected chi connectivity index (χ0v) is 11.6. The quantitative estimate of drug-likeness (QED) is 0.669. The molecule has 2 N–H and O–H groups in total. The lowest BCUT2D eigenvalue weighted by molar-refractivity contribution is -0.134. The van der Waals surface area contributed by atoms with E-state index in [9.17, 15) is 9.59 Å². The maximum absolute atomic E-state index is 11.8. The van der Waals surface area contributed by atoms with E-state index in [2.05, 4.69) is 15.0 Å². The zero-order chi connectivity index (χ0) is 14.7. The largest absolute Gasteiger partial charge is 0.456 e. The number of hydrogen-bond acceptors (Lipinski definition) is 6. The fourth-order valence-electron chi connectivity index (χ4n) is 1.90. The van der Waals surface area contributed by atoms with Crippen LogP contribution in [0.1, 0.15) is 0 Å². The van der Waals surface area contributed by atoms with E-state index in [0.717, 1.165) is 22.7 Å². The van der Waals surface area contributed by atoms with Crippen molar-refractivity contribution in [2.24, 2.45) is 0 Å². The van der Waals surface area contributed by atoms with Crippen LogP contribution in [0.25, 0.3) is 10.8 Å². The first-order chi connectivity index (χ1) is 10.2. The van der Waals surface area contributed by atoms with Crippen LogP contribution in [0.3, 0.4) is 0 Å². The Morgan fingerprint density at radius 1 is 1.29 bits per heavy atom. The lowest BCUT2D eigenvalue weighted by atomic mass is 10.2. The summed E-state index contributed by atoms with van der Waals surface area (Å²) in [6.45, 7) is 0.0949. The Balaban J connectivity index is 1.65. The van der Waals surface area contributed by atoms with Gasteiger partial charge in [0.15, 0.2) is 0 Å². The first-order valence-corrected chi connectivity index (χ1v) is 6.99. The zero-order valence-electron chi connectivity index (χ0n) is 10.8. The normalized spacial score (nSPS) is 13.7. The summed E-state index contributed by atoms with van der Waals surface area (Å²) in [7, 11) is 0. The molecule has 1 aliphatic heterocycles. The maximum atomic E-state index is 11.8. The van der Waals surface area contributed by atoms with Crippen LogP contribution >= 0.6 is 11.9 Å². The van der Waals surface area contributed by atoms with Crippen molar-refractivity contribution in [2.75, 3.05) is 11.3 Å². The van der Waals surface area contributed by atoms with E-state index in [4.69, 9.17) is 4.74 Å². The number of benzene rings is 1. The lowest BCUT2D eigenvalue weighted by Crippen LogP contribution is -2.20. The van der Waals surface area contributed by atoms with Gasteiger partial charge in [0.1, 0.15) is 12.4 Å². The summed E-state index contributed by atoms with van der Waals surface area (Å²) in [5, 5.41) is 4.20. The summed E-state index contributed by atoms with van der Waals surface area (Å²) in [5.41, 5.74) is 0.449. The number of carbonyl (C=O) groups is 2. The summed E-state index contributed by atoms with van der Waals surface area (Å²) >= 11 is 0.862. The van der Waals surface area contributed by atoms with Gasteiger partial charge in [-0.05, 0) is 11.5 Å². The Labute approximate surface area is 124 Å². The molecule has 0 radical (unpaired) electrons. The van der Waals surface area contributed by atoms with Crippen LogP contribution in [-0.4, -0.2) is 22.8 Å². The molecule has 6 nitrogen and oxygen atoms in total. The molecule has 1 aromatic carbocycles. The number of ether oxygens (including phenoxy) is 1. The van der Waals surface area contributed by atoms with Crippen LogP contribution in [-0.2, 0) is 9.53 Å². The number of rotatable bonds is 3. The van der Waals surface area contributed by atoms with Gasteiger partial charge in [0.25, 0.3) is 0 Å². The van der Waals surface area contributed by atoms with Gasteiger partial charge in [-0.25, -0.2) is 9.78 Å². The monoisotopic (exact) mass is 301 g/mol. The Hall–Kier alpha value is -2.54. The molecular formula is C14H11N3O3S. The fourth-order valence-corrected chi connectivity index (χ4v) is 2.43. The molecule has 1 aromatic heterocycles.